The van der Waals surface area contributed by atoms with Crippen molar-refractivity contribution in [1.82, 2.24) is 9.97 Å². The Morgan fingerprint density at radius 1 is 0.960 bits per heavy atom. The van der Waals surface area contributed by atoms with Gasteiger partial charge in [-0.1, -0.05) is 12.1 Å². The summed E-state index contributed by atoms with van der Waals surface area (Å²) < 4.78 is 24.5. The molecule has 7 heteroatoms. The summed E-state index contributed by atoms with van der Waals surface area (Å²) in [5.41, 5.74) is 1.87. The topological polar surface area (TPSA) is 68.3 Å². The van der Waals surface area contributed by atoms with E-state index in [1.165, 1.54) is 6.07 Å². The Labute approximate surface area is 143 Å². The van der Waals surface area contributed by atoms with E-state index in [1.807, 2.05) is 25.1 Å². The molecule has 6 nitrogen and oxygen atoms in total. The van der Waals surface area contributed by atoms with Crippen LogP contribution in [0.15, 0.2) is 48.5 Å². The third-order valence-electron chi connectivity index (χ3n) is 3.62. The summed E-state index contributed by atoms with van der Waals surface area (Å²) in [5.74, 6) is 1.93. The van der Waals surface area contributed by atoms with Crippen molar-refractivity contribution in [2.45, 2.75) is 6.92 Å². The molecular weight excluding hydrogens is 323 g/mol. The van der Waals surface area contributed by atoms with Gasteiger partial charge in [0.25, 0.3) is 0 Å². The molecule has 1 aliphatic rings. The van der Waals surface area contributed by atoms with Crippen LogP contribution in [0.25, 0.3) is 0 Å². The highest BCUT2D eigenvalue weighted by atomic mass is 19.1. The highest BCUT2D eigenvalue weighted by Crippen LogP contribution is 2.35. The molecule has 0 bridgehead atoms. The summed E-state index contributed by atoms with van der Waals surface area (Å²) in [6.07, 6.45) is 0. The van der Waals surface area contributed by atoms with E-state index in [0.717, 1.165) is 11.4 Å². The number of halogens is 1. The minimum atomic E-state index is -0.363. The van der Waals surface area contributed by atoms with Gasteiger partial charge in [0.1, 0.15) is 11.6 Å². The minimum absolute atomic E-state index is 0.224. The number of benzene rings is 2. The van der Waals surface area contributed by atoms with E-state index in [9.17, 15) is 4.39 Å². The third-order valence-corrected chi connectivity index (χ3v) is 3.62. The molecule has 3 aromatic rings. The smallest absolute Gasteiger partial charge is 0.231 e. The lowest BCUT2D eigenvalue weighted by molar-refractivity contribution is 0.174. The third kappa shape index (κ3) is 3.30. The Balaban J connectivity index is 1.58. The molecule has 0 spiro atoms. The molecule has 25 heavy (non-hydrogen) atoms. The fourth-order valence-electron chi connectivity index (χ4n) is 2.49. The van der Waals surface area contributed by atoms with Gasteiger partial charge in [0.05, 0.1) is 5.69 Å². The molecule has 0 unspecified atom stereocenters. The van der Waals surface area contributed by atoms with Crippen molar-refractivity contribution in [3.05, 3.63) is 60.0 Å². The Kier molecular flexibility index (Phi) is 3.81. The predicted octanol–water partition coefficient (Wildman–Crippen LogP) is 4.14. The molecule has 126 valence electrons. The van der Waals surface area contributed by atoms with E-state index < -0.39 is 0 Å². The van der Waals surface area contributed by atoms with E-state index in [-0.39, 0.29) is 12.6 Å². The molecule has 0 fully saturated rings. The number of hydrogen-bond donors (Lipinski definition) is 2. The number of aromatic nitrogens is 2. The molecule has 0 atom stereocenters. The summed E-state index contributed by atoms with van der Waals surface area (Å²) in [6.45, 7) is 2.07. The normalized spacial score (nSPS) is 12.1. The van der Waals surface area contributed by atoms with E-state index in [4.69, 9.17) is 9.47 Å². The van der Waals surface area contributed by atoms with Crippen molar-refractivity contribution in [2.75, 3.05) is 17.4 Å². The van der Waals surface area contributed by atoms with Crippen LogP contribution in [0.5, 0.6) is 11.5 Å². The second-order valence-corrected chi connectivity index (χ2v) is 5.52. The number of ether oxygens (including phenoxy) is 2. The molecule has 2 heterocycles. The maximum absolute atomic E-state index is 13.8. The first-order chi connectivity index (χ1) is 12.2. The van der Waals surface area contributed by atoms with Gasteiger partial charge in [0.2, 0.25) is 12.7 Å². The quantitative estimate of drug-likeness (QED) is 0.745. The number of nitrogens with one attached hydrogen (secondary N) is 2. The second kappa shape index (κ2) is 6.27. The van der Waals surface area contributed by atoms with Crippen LogP contribution >= 0.6 is 0 Å². The standard InChI is InChI=1S/C18H15FN4O2/c1-11-8-17(21-12-6-7-15-16(9-12)25-10-24-15)23-18(20-11)22-14-5-3-2-4-13(14)19/h2-9H,10H2,1H3,(H2,20,21,22,23). The highest BCUT2D eigenvalue weighted by molar-refractivity contribution is 5.63. The van der Waals surface area contributed by atoms with Gasteiger partial charge in [0.15, 0.2) is 11.5 Å². The number of aryl methyl sites for hydroxylation is 1. The van der Waals surface area contributed by atoms with Crippen LogP contribution in [0.4, 0.5) is 27.5 Å². The Morgan fingerprint density at radius 2 is 1.80 bits per heavy atom. The largest absolute Gasteiger partial charge is 0.454 e. The van der Waals surface area contributed by atoms with Crippen LogP contribution in [-0.4, -0.2) is 16.8 Å². The second-order valence-electron chi connectivity index (χ2n) is 5.52. The van der Waals surface area contributed by atoms with Gasteiger partial charge in [-0.15, -0.1) is 0 Å². The Hall–Kier alpha value is -3.35. The fourth-order valence-corrected chi connectivity index (χ4v) is 2.49. The van der Waals surface area contributed by atoms with Crippen LogP contribution in [0.2, 0.25) is 0 Å². The van der Waals surface area contributed by atoms with Crippen LogP contribution in [0, 0.1) is 12.7 Å². The zero-order valence-electron chi connectivity index (χ0n) is 13.4. The Morgan fingerprint density at radius 3 is 2.68 bits per heavy atom. The van der Waals surface area contributed by atoms with Gasteiger partial charge in [-0.05, 0) is 31.2 Å². The van der Waals surface area contributed by atoms with Gasteiger partial charge in [0, 0.05) is 23.5 Å². The summed E-state index contributed by atoms with van der Waals surface area (Å²) in [6, 6.07) is 13.7. The van der Waals surface area contributed by atoms with Crippen LogP contribution in [0.3, 0.4) is 0 Å². The van der Waals surface area contributed by atoms with Crippen molar-refractivity contribution in [3.8, 4) is 11.5 Å². The fraction of sp³-hybridized carbons (Fsp3) is 0.111. The molecule has 2 aromatic carbocycles. The molecule has 1 aromatic heterocycles. The van der Waals surface area contributed by atoms with Gasteiger partial charge in [-0.2, -0.15) is 4.98 Å². The lowest BCUT2D eigenvalue weighted by Gasteiger charge is -2.11. The van der Waals surface area contributed by atoms with Gasteiger partial charge < -0.3 is 20.1 Å². The molecule has 0 saturated carbocycles. The monoisotopic (exact) mass is 338 g/mol. The van der Waals surface area contributed by atoms with Crippen molar-refractivity contribution in [2.24, 2.45) is 0 Å². The van der Waals surface area contributed by atoms with Gasteiger partial charge >= 0.3 is 0 Å². The van der Waals surface area contributed by atoms with Crippen molar-refractivity contribution in [1.29, 1.82) is 0 Å². The van der Waals surface area contributed by atoms with Crippen LogP contribution < -0.4 is 20.1 Å². The molecule has 0 radical (unpaired) electrons. The summed E-state index contributed by atoms with van der Waals surface area (Å²) in [5, 5.41) is 6.09. The average molecular weight is 338 g/mol. The van der Waals surface area contributed by atoms with Gasteiger partial charge in [-0.25, -0.2) is 9.37 Å². The first kappa shape index (κ1) is 15.2. The number of anilines is 4. The molecular formula is C18H15FN4O2. The SMILES string of the molecule is Cc1cc(Nc2ccc3c(c2)OCO3)nc(Nc2ccccc2F)n1. The van der Waals surface area contributed by atoms with E-state index in [1.54, 1.807) is 24.3 Å². The van der Waals surface area contributed by atoms with E-state index >= 15 is 0 Å². The molecule has 4 rings (SSSR count). The summed E-state index contributed by atoms with van der Waals surface area (Å²) >= 11 is 0. The van der Waals surface area contributed by atoms with Crippen LogP contribution in [-0.2, 0) is 0 Å². The van der Waals surface area contributed by atoms with Crippen molar-refractivity contribution >= 4 is 23.1 Å². The maximum Gasteiger partial charge on any atom is 0.231 e. The lowest BCUT2D eigenvalue weighted by atomic mass is 10.2. The van der Waals surface area contributed by atoms with Crippen molar-refractivity contribution < 1.29 is 13.9 Å². The predicted molar refractivity (Wildman–Crippen MR) is 92.3 cm³/mol. The molecule has 1 aliphatic heterocycles. The molecule has 0 aliphatic carbocycles. The molecule has 2 N–H and O–H groups in total. The number of para-hydroxylation sites is 1. The molecule has 0 saturated heterocycles. The van der Waals surface area contributed by atoms with E-state index in [0.29, 0.717) is 29.0 Å². The minimum Gasteiger partial charge on any atom is -0.454 e. The number of rotatable bonds is 4. The number of hydrogen-bond acceptors (Lipinski definition) is 6. The Bertz CT molecular complexity index is 933. The molecule has 0 amide bonds. The van der Waals surface area contributed by atoms with Crippen molar-refractivity contribution in [3.63, 3.8) is 0 Å². The van der Waals surface area contributed by atoms with E-state index in [2.05, 4.69) is 20.6 Å². The summed E-state index contributed by atoms with van der Waals surface area (Å²) in [7, 11) is 0. The summed E-state index contributed by atoms with van der Waals surface area (Å²) in [4.78, 5) is 8.68. The highest BCUT2D eigenvalue weighted by Gasteiger charge is 2.13. The average Bonchev–Trinajstić information content (AvgIpc) is 3.04. The maximum atomic E-state index is 13.8. The number of nitrogens with zero attached hydrogens (tertiary/aromatic N) is 2. The lowest BCUT2D eigenvalue weighted by Crippen LogP contribution is -2.03. The number of fused-ring (bicyclic) bond motifs is 1. The van der Waals surface area contributed by atoms with Crippen LogP contribution in [0.1, 0.15) is 5.69 Å². The van der Waals surface area contributed by atoms with Gasteiger partial charge in [-0.3, -0.25) is 0 Å². The zero-order chi connectivity index (χ0) is 17.2. The first-order valence-corrected chi connectivity index (χ1v) is 7.71. The zero-order valence-corrected chi connectivity index (χ0v) is 13.4. The first-order valence-electron chi connectivity index (χ1n) is 7.71.